The topological polar surface area (TPSA) is 89.0 Å². The number of hydrazone groups is 1. The van der Waals surface area contributed by atoms with Gasteiger partial charge in [0.05, 0.1) is 17.8 Å². The monoisotopic (exact) mass is 445 g/mol. The molecule has 2 amide bonds. The maximum Gasteiger partial charge on any atom is 0.249 e. The van der Waals surface area contributed by atoms with E-state index < -0.39 is 11.8 Å². The summed E-state index contributed by atoms with van der Waals surface area (Å²) in [5.74, 6) is 0.309. The van der Waals surface area contributed by atoms with E-state index in [9.17, 15) is 9.59 Å². The van der Waals surface area contributed by atoms with Crippen LogP contribution in [0.15, 0.2) is 64.7 Å². The maximum absolute atomic E-state index is 11.9. The Kier molecular flexibility index (Phi) is 8.23. The molecule has 28 heavy (non-hydrogen) atoms. The number of hydrogen-bond donors (Lipinski definition) is 2. The number of amides is 2. The van der Waals surface area contributed by atoms with Crippen LogP contribution in [0, 0.1) is 0 Å². The second-order valence-electron chi connectivity index (χ2n) is 5.54. The highest BCUT2D eigenvalue weighted by molar-refractivity contribution is 9.10. The van der Waals surface area contributed by atoms with Gasteiger partial charge in [0.15, 0.2) is 0 Å². The van der Waals surface area contributed by atoms with E-state index in [0.717, 1.165) is 10.0 Å². The molecule has 0 saturated carbocycles. The summed E-state index contributed by atoms with van der Waals surface area (Å²) < 4.78 is 11.3. The summed E-state index contributed by atoms with van der Waals surface area (Å²) in [5, 5.41) is 6.49. The molecular formula is C20H20BrN3O4. The summed E-state index contributed by atoms with van der Waals surface area (Å²) in [6.07, 6.45) is 2.77. The number of carbonyl (C=O) groups is 2. The Morgan fingerprint density at radius 3 is 2.75 bits per heavy atom. The quantitative estimate of drug-likeness (QED) is 0.267. The molecule has 0 unspecified atom stereocenters. The highest BCUT2D eigenvalue weighted by Gasteiger charge is 2.09. The second-order valence-corrected chi connectivity index (χ2v) is 6.39. The summed E-state index contributed by atoms with van der Waals surface area (Å²) in [6.45, 7) is 4.00. The van der Waals surface area contributed by atoms with Crippen LogP contribution in [0.5, 0.6) is 11.5 Å². The second kappa shape index (κ2) is 10.9. The molecule has 2 rings (SSSR count). The molecule has 0 aromatic heterocycles. The Balaban J connectivity index is 1.83. The van der Waals surface area contributed by atoms with E-state index in [4.69, 9.17) is 9.47 Å². The molecule has 0 atom stereocenters. The molecule has 8 heteroatoms. The molecule has 0 aliphatic rings. The van der Waals surface area contributed by atoms with Gasteiger partial charge < -0.3 is 14.8 Å². The zero-order valence-electron chi connectivity index (χ0n) is 15.3. The Morgan fingerprint density at radius 2 is 2.04 bits per heavy atom. The van der Waals surface area contributed by atoms with Crippen molar-refractivity contribution >= 4 is 39.6 Å². The lowest BCUT2D eigenvalue weighted by atomic mass is 10.2. The SMILES string of the molecule is C=CCOc1ccc(C=NNC(=O)CC(=O)Nc2cccc(OC)c2)cc1Br. The predicted octanol–water partition coefficient (Wildman–Crippen LogP) is 3.50. The van der Waals surface area contributed by atoms with Gasteiger partial charge in [-0.25, -0.2) is 5.43 Å². The van der Waals surface area contributed by atoms with Gasteiger partial charge in [-0.15, -0.1) is 0 Å². The lowest BCUT2D eigenvalue weighted by Crippen LogP contribution is -2.24. The third kappa shape index (κ3) is 6.88. The van der Waals surface area contributed by atoms with Crippen LogP contribution >= 0.6 is 15.9 Å². The van der Waals surface area contributed by atoms with Gasteiger partial charge in [0.1, 0.15) is 24.5 Å². The summed E-state index contributed by atoms with van der Waals surface area (Å²) in [6, 6.07) is 12.2. The molecule has 0 bridgehead atoms. The van der Waals surface area contributed by atoms with Gasteiger partial charge in [-0.2, -0.15) is 5.10 Å². The van der Waals surface area contributed by atoms with E-state index in [1.807, 2.05) is 0 Å². The van der Waals surface area contributed by atoms with Crippen LogP contribution in [0.1, 0.15) is 12.0 Å². The van der Waals surface area contributed by atoms with Gasteiger partial charge in [0.25, 0.3) is 0 Å². The van der Waals surface area contributed by atoms with E-state index in [0.29, 0.717) is 23.8 Å². The van der Waals surface area contributed by atoms with E-state index in [1.165, 1.54) is 13.3 Å². The number of ether oxygens (including phenoxy) is 2. The Hall–Kier alpha value is -3.13. The summed E-state index contributed by atoms with van der Waals surface area (Å²) in [7, 11) is 1.53. The standard InChI is InChI=1S/C20H20BrN3O4/c1-3-9-28-18-8-7-14(10-17(18)21)13-22-24-20(26)12-19(25)23-15-5-4-6-16(11-15)27-2/h3-8,10-11,13H,1,9,12H2,2H3,(H,23,25)(H,24,26). The van der Waals surface area contributed by atoms with Gasteiger partial charge in [0.2, 0.25) is 11.8 Å². The van der Waals surface area contributed by atoms with Crippen LogP contribution in [0.25, 0.3) is 0 Å². The van der Waals surface area contributed by atoms with Gasteiger partial charge in [-0.3, -0.25) is 9.59 Å². The zero-order valence-corrected chi connectivity index (χ0v) is 16.9. The molecule has 2 N–H and O–H groups in total. The molecular weight excluding hydrogens is 426 g/mol. The maximum atomic E-state index is 11.9. The Morgan fingerprint density at radius 1 is 1.21 bits per heavy atom. The lowest BCUT2D eigenvalue weighted by molar-refractivity contribution is -0.126. The van der Waals surface area contributed by atoms with Crippen molar-refractivity contribution in [3.8, 4) is 11.5 Å². The molecule has 2 aromatic rings. The van der Waals surface area contributed by atoms with E-state index >= 15 is 0 Å². The van der Waals surface area contributed by atoms with Crippen molar-refractivity contribution < 1.29 is 19.1 Å². The molecule has 0 spiro atoms. The first-order chi connectivity index (χ1) is 13.5. The number of methoxy groups -OCH3 is 1. The minimum Gasteiger partial charge on any atom is -0.497 e. The van der Waals surface area contributed by atoms with Crippen molar-refractivity contribution in [1.82, 2.24) is 5.43 Å². The van der Waals surface area contributed by atoms with Crippen LogP contribution < -0.4 is 20.2 Å². The largest absolute Gasteiger partial charge is 0.497 e. The molecule has 2 aromatic carbocycles. The number of anilines is 1. The van der Waals surface area contributed by atoms with Gasteiger partial charge >= 0.3 is 0 Å². The number of hydrogen-bond acceptors (Lipinski definition) is 5. The smallest absolute Gasteiger partial charge is 0.249 e. The van der Waals surface area contributed by atoms with Crippen LogP contribution in [-0.2, 0) is 9.59 Å². The van der Waals surface area contributed by atoms with E-state index in [1.54, 1.807) is 48.5 Å². The number of benzene rings is 2. The highest BCUT2D eigenvalue weighted by atomic mass is 79.9. The minimum absolute atomic E-state index is 0.355. The number of halogens is 1. The van der Waals surface area contributed by atoms with Crippen LogP contribution in [0.2, 0.25) is 0 Å². The van der Waals surface area contributed by atoms with Crippen molar-refractivity contribution in [3.63, 3.8) is 0 Å². The molecule has 0 aliphatic carbocycles. The van der Waals surface area contributed by atoms with Crippen molar-refractivity contribution in [2.24, 2.45) is 5.10 Å². The molecule has 7 nitrogen and oxygen atoms in total. The first-order valence-corrected chi connectivity index (χ1v) is 9.10. The van der Waals surface area contributed by atoms with Gasteiger partial charge in [-0.05, 0) is 51.8 Å². The highest BCUT2D eigenvalue weighted by Crippen LogP contribution is 2.25. The van der Waals surface area contributed by atoms with E-state index in [-0.39, 0.29) is 6.42 Å². The number of carbonyl (C=O) groups excluding carboxylic acids is 2. The molecule has 0 radical (unpaired) electrons. The predicted molar refractivity (Wildman–Crippen MR) is 112 cm³/mol. The Labute approximate surface area is 171 Å². The van der Waals surface area contributed by atoms with Crippen LogP contribution in [-0.4, -0.2) is 31.7 Å². The van der Waals surface area contributed by atoms with Gasteiger partial charge in [-0.1, -0.05) is 18.7 Å². The van der Waals surface area contributed by atoms with Gasteiger partial charge in [0, 0.05) is 11.8 Å². The first-order valence-electron chi connectivity index (χ1n) is 8.31. The number of nitrogens with zero attached hydrogens (tertiary/aromatic N) is 1. The van der Waals surface area contributed by atoms with Crippen molar-refractivity contribution in [3.05, 3.63) is 65.2 Å². The number of rotatable bonds is 9. The first kappa shape index (κ1) is 21.2. The van der Waals surface area contributed by atoms with Crippen molar-refractivity contribution in [1.29, 1.82) is 0 Å². The summed E-state index contributed by atoms with van der Waals surface area (Å²) >= 11 is 3.40. The van der Waals surface area contributed by atoms with Crippen molar-refractivity contribution in [2.75, 3.05) is 19.0 Å². The lowest BCUT2D eigenvalue weighted by Gasteiger charge is -2.07. The third-order valence-electron chi connectivity index (χ3n) is 3.39. The molecule has 0 fully saturated rings. The summed E-state index contributed by atoms with van der Waals surface area (Å²) in [4.78, 5) is 23.8. The van der Waals surface area contributed by atoms with E-state index in [2.05, 4.69) is 38.4 Å². The molecule has 0 saturated heterocycles. The van der Waals surface area contributed by atoms with Crippen LogP contribution in [0.4, 0.5) is 5.69 Å². The molecule has 0 heterocycles. The molecule has 146 valence electrons. The fourth-order valence-corrected chi connectivity index (χ4v) is 2.64. The van der Waals surface area contributed by atoms with Crippen molar-refractivity contribution in [2.45, 2.75) is 6.42 Å². The normalized spacial score (nSPS) is 10.4. The minimum atomic E-state index is -0.526. The fourth-order valence-electron chi connectivity index (χ4n) is 2.13. The third-order valence-corrected chi connectivity index (χ3v) is 4.01. The molecule has 0 aliphatic heterocycles. The number of nitrogens with one attached hydrogen (secondary N) is 2. The van der Waals surface area contributed by atoms with Crippen LogP contribution in [0.3, 0.4) is 0 Å². The average molecular weight is 446 g/mol. The summed E-state index contributed by atoms with van der Waals surface area (Å²) in [5.41, 5.74) is 3.62. The Bertz CT molecular complexity index is 884. The zero-order chi connectivity index (χ0) is 20.4. The fraction of sp³-hybridized carbons (Fsp3) is 0.150. The average Bonchev–Trinajstić information content (AvgIpc) is 2.67.